The van der Waals surface area contributed by atoms with Crippen molar-refractivity contribution < 1.29 is 31.5 Å². The van der Waals surface area contributed by atoms with E-state index < -0.39 is 41.3 Å². The second kappa shape index (κ2) is 8.31. The van der Waals surface area contributed by atoms with Crippen molar-refractivity contribution in [1.29, 1.82) is 0 Å². The van der Waals surface area contributed by atoms with Gasteiger partial charge in [0.15, 0.2) is 11.6 Å². The number of nitrogens with zero attached hydrogens (tertiary/aromatic N) is 1. The zero-order chi connectivity index (χ0) is 21.9. The van der Waals surface area contributed by atoms with Crippen LogP contribution in [0.2, 0.25) is 0 Å². The number of amides is 1. The van der Waals surface area contributed by atoms with Crippen molar-refractivity contribution in [3.8, 4) is 5.75 Å². The van der Waals surface area contributed by atoms with Gasteiger partial charge in [-0.05, 0) is 35.9 Å². The largest absolute Gasteiger partial charge is 0.573 e. The molecule has 0 spiro atoms. The van der Waals surface area contributed by atoms with Crippen LogP contribution in [0.4, 0.5) is 22.0 Å². The Bertz CT molecular complexity index is 1110. The maximum Gasteiger partial charge on any atom is 0.573 e. The minimum Gasteiger partial charge on any atom is -0.403 e. The zero-order valence-corrected chi connectivity index (χ0v) is 14.8. The summed E-state index contributed by atoms with van der Waals surface area (Å²) in [7, 11) is 0. The number of pyridine rings is 2. The van der Waals surface area contributed by atoms with Gasteiger partial charge in [0, 0.05) is 18.5 Å². The van der Waals surface area contributed by atoms with Crippen molar-refractivity contribution in [3.05, 3.63) is 93.7 Å². The molecule has 0 radical (unpaired) electrons. The summed E-state index contributed by atoms with van der Waals surface area (Å²) in [5.41, 5.74) is -0.828. The molecule has 0 bridgehead atoms. The summed E-state index contributed by atoms with van der Waals surface area (Å²) in [6, 6.07) is 5.72. The molecule has 0 fully saturated rings. The van der Waals surface area contributed by atoms with E-state index in [9.17, 15) is 31.5 Å². The minimum atomic E-state index is -5.10. The maximum atomic E-state index is 14.3. The van der Waals surface area contributed by atoms with Crippen molar-refractivity contribution in [2.75, 3.05) is 0 Å². The molecule has 156 valence electrons. The summed E-state index contributed by atoms with van der Waals surface area (Å²) < 4.78 is 69.1. The number of ether oxygens (including phenoxy) is 1. The molecular weight excluding hydrogens is 413 g/mol. The van der Waals surface area contributed by atoms with E-state index in [0.29, 0.717) is 12.1 Å². The van der Waals surface area contributed by atoms with Gasteiger partial charge in [-0.1, -0.05) is 6.07 Å². The monoisotopic (exact) mass is 425 g/mol. The third kappa shape index (κ3) is 4.99. The van der Waals surface area contributed by atoms with Crippen LogP contribution in [-0.4, -0.2) is 22.2 Å². The van der Waals surface area contributed by atoms with Gasteiger partial charge in [-0.3, -0.25) is 14.6 Å². The number of carbonyl (C=O) groups excluding carboxylic acids is 1. The summed E-state index contributed by atoms with van der Waals surface area (Å²) in [5.74, 6) is -4.06. The van der Waals surface area contributed by atoms with E-state index in [0.717, 1.165) is 24.4 Å². The third-order valence-electron chi connectivity index (χ3n) is 3.90. The second-order valence-electron chi connectivity index (χ2n) is 5.96. The fraction of sp³-hybridized carbons (Fsp3) is 0.105. The first-order valence-corrected chi connectivity index (χ1v) is 8.29. The van der Waals surface area contributed by atoms with Crippen LogP contribution >= 0.6 is 0 Å². The van der Waals surface area contributed by atoms with Gasteiger partial charge >= 0.3 is 6.36 Å². The molecule has 0 unspecified atom stereocenters. The van der Waals surface area contributed by atoms with Gasteiger partial charge in [-0.25, -0.2) is 8.78 Å². The number of halogens is 5. The van der Waals surface area contributed by atoms with Crippen LogP contribution in [0.15, 0.2) is 59.7 Å². The number of H-pyrrole nitrogens is 1. The van der Waals surface area contributed by atoms with Crippen molar-refractivity contribution >= 4 is 5.91 Å². The molecule has 2 heterocycles. The number of carbonyl (C=O) groups is 1. The molecule has 0 saturated heterocycles. The second-order valence-corrected chi connectivity index (χ2v) is 5.96. The lowest BCUT2D eigenvalue weighted by molar-refractivity contribution is -0.275. The highest BCUT2D eigenvalue weighted by Crippen LogP contribution is 2.30. The Balaban J connectivity index is 1.99. The highest BCUT2D eigenvalue weighted by molar-refractivity contribution is 5.94. The molecule has 3 aromatic rings. The molecule has 11 heteroatoms. The molecule has 0 aliphatic heterocycles. The zero-order valence-electron chi connectivity index (χ0n) is 14.8. The van der Waals surface area contributed by atoms with E-state index in [-0.39, 0.29) is 16.8 Å². The van der Waals surface area contributed by atoms with Crippen LogP contribution in [0.5, 0.6) is 5.75 Å². The van der Waals surface area contributed by atoms with Gasteiger partial charge in [-0.15, -0.1) is 13.2 Å². The van der Waals surface area contributed by atoms with Crippen LogP contribution in [0.3, 0.4) is 0 Å². The standard InChI is InChI=1S/C19H12F5N3O3/c20-12-2-1-7-25-17(12)16(27-18(29)11-4-6-15(28)26-9-11)10-3-5-14(13(21)8-10)30-19(22,23)24/h1-9,16H,(H,26,28)(H,27,29)/t16-/m1/s1. The molecule has 3 rings (SSSR count). The van der Waals surface area contributed by atoms with Crippen LogP contribution < -0.4 is 15.6 Å². The Morgan fingerprint density at radius 2 is 1.87 bits per heavy atom. The Kier molecular flexibility index (Phi) is 5.81. The Labute approximate surface area is 165 Å². The number of hydrogen-bond acceptors (Lipinski definition) is 4. The molecule has 0 aliphatic rings. The number of nitrogens with one attached hydrogen (secondary N) is 2. The van der Waals surface area contributed by atoms with Crippen molar-refractivity contribution in [3.63, 3.8) is 0 Å². The first-order valence-electron chi connectivity index (χ1n) is 8.29. The molecular formula is C19H12F5N3O3. The molecule has 6 nitrogen and oxygen atoms in total. The summed E-state index contributed by atoms with van der Waals surface area (Å²) in [4.78, 5) is 29.8. The molecule has 2 aromatic heterocycles. The van der Waals surface area contributed by atoms with E-state index in [1.54, 1.807) is 0 Å². The summed E-state index contributed by atoms with van der Waals surface area (Å²) >= 11 is 0. The lowest BCUT2D eigenvalue weighted by Crippen LogP contribution is -2.31. The molecule has 1 atom stereocenters. The van der Waals surface area contributed by atoms with Gasteiger partial charge in [0.1, 0.15) is 11.5 Å². The molecule has 1 aromatic carbocycles. The fourth-order valence-electron chi connectivity index (χ4n) is 2.59. The first-order chi connectivity index (χ1) is 14.1. The van der Waals surface area contributed by atoms with Gasteiger partial charge in [0.05, 0.1) is 11.6 Å². The number of rotatable bonds is 5. The number of aromatic nitrogens is 2. The minimum absolute atomic E-state index is 0.00781. The van der Waals surface area contributed by atoms with Crippen LogP contribution in [0.25, 0.3) is 0 Å². The van der Waals surface area contributed by atoms with Crippen LogP contribution in [-0.2, 0) is 0 Å². The summed E-state index contributed by atoms with van der Waals surface area (Å²) in [5, 5.41) is 2.43. The van der Waals surface area contributed by atoms with Crippen molar-refractivity contribution in [2.24, 2.45) is 0 Å². The van der Waals surface area contributed by atoms with Crippen LogP contribution in [0.1, 0.15) is 27.7 Å². The highest BCUT2D eigenvalue weighted by Gasteiger charge is 2.33. The van der Waals surface area contributed by atoms with E-state index in [2.05, 4.69) is 20.0 Å². The molecule has 2 N–H and O–H groups in total. The number of alkyl halides is 3. The average Bonchev–Trinajstić information content (AvgIpc) is 2.68. The summed E-state index contributed by atoms with van der Waals surface area (Å²) in [6.07, 6.45) is -2.76. The van der Waals surface area contributed by atoms with Gasteiger partial charge in [0.2, 0.25) is 5.56 Å². The quantitative estimate of drug-likeness (QED) is 0.614. The fourth-order valence-corrected chi connectivity index (χ4v) is 2.59. The van der Waals surface area contributed by atoms with E-state index >= 15 is 0 Å². The first kappa shape index (κ1) is 21.0. The van der Waals surface area contributed by atoms with E-state index in [1.807, 2.05) is 0 Å². The topological polar surface area (TPSA) is 84.1 Å². The SMILES string of the molecule is O=C(N[C@H](c1ccc(OC(F)(F)F)c(F)c1)c1ncccc1F)c1ccc(=O)[nH]c1. The Morgan fingerprint density at radius 1 is 1.10 bits per heavy atom. The normalized spacial score (nSPS) is 12.3. The number of hydrogen-bond donors (Lipinski definition) is 2. The van der Waals surface area contributed by atoms with Crippen molar-refractivity contribution in [2.45, 2.75) is 12.4 Å². The molecule has 0 saturated carbocycles. The lowest BCUT2D eigenvalue weighted by Gasteiger charge is -2.20. The average molecular weight is 425 g/mol. The third-order valence-corrected chi connectivity index (χ3v) is 3.90. The summed E-state index contributed by atoms with van der Waals surface area (Å²) in [6.45, 7) is 0. The molecule has 0 aliphatic carbocycles. The molecule has 1 amide bonds. The highest BCUT2D eigenvalue weighted by atomic mass is 19.4. The van der Waals surface area contributed by atoms with E-state index in [1.165, 1.54) is 18.3 Å². The Hall–Kier alpha value is -3.76. The molecule has 30 heavy (non-hydrogen) atoms. The van der Waals surface area contributed by atoms with Crippen molar-refractivity contribution in [1.82, 2.24) is 15.3 Å². The predicted molar refractivity (Wildman–Crippen MR) is 93.6 cm³/mol. The lowest BCUT2D eigenvalue weighted by atomic mass is 10.0. The number of benzene rings is 1. The smallest absolute Gasteiger partial charge is 0.403 e. The van der Waals surface area contributed by atoms with E-state index in [4.69, 9.17) is 0 Å². The maximum absolute atomic E-state index is 14.3. The van der Waals surface area contributed by atoms with Gasteiger partial charge < -0.3 is 15.0 Å². The number of aromatic amines is 1. The van der Waals surface area contributed by atoms with Gasteiger partial charge in [-0.2, -0.15) is 0 Å². The Morgan fingerprint density at radius 3 is 2.47 bits per heavy atom. The van der Waals surface area contributed by atoms with Crippen LogP contribution in [0, 0.1) is 11.6 Å². The van der Waals surface area contributed by atoms with Gasteiger partial charge in [0.25, 0.3) is 5.91 Å². The predicted octanol–water partition coefficient (Wildman–Crippen LogP) is 3.47.